The first-order valence-corrected chi connectivity index (χ1v) is 20.7. The number of rotatable bonds is 6. The van der Waals surface area contributed by atoms with E-state index >= 15 is 0 Å². The Bertz CT molecular complexity index is 3300. The van der Waals surface area contributed by atoms with Crippen molar-refractivity contribution in [2.75, 3.05) is 9.80 Å². The fourth-order valence-corrected chi connectivity index (χ4v) is 9.21. The van der Waals surface area contributed by atoms with Crippen LogP contribution in [0.3, 0.4) is 0 Å². The van der Waals surface area contributed by atoms with Crippen LogP contribution in [0, 0.1) is 41.5 Å². The Morgan fingerprint density at radius 3 is 1.15 bits per heavy atom. The third-order valence-electron chi connectivity index (χ3n) is 12.8. The molecule has 2 heterocycles. The summed E-state index contributed by atoms with van der Waals surface area (Å²) in [6, 6.07) is 57.1. The molecule has 0 fully saturated rings. The van der Waals surface area contributed by atoms with E-state index in [0.717, 1.165) is 88.2 Å². The summed E-state index contributed by atoms with van der Waals surface area (Å²) in [4.78, 5) is 4.77. The van der Waals surface area contributed by atoms with Crippen LogP contribution in [-0.2, 0) is 0 Å². The van der Waals surface area contributed by atoms with E-state index < -0.39 is 0 Å². The molecule has 4 nitrogen and oxygen atoms in total. The van der Waals surface area contributed by atoms with E-state index in [0.29, 0.717) is 0 Å². The molecule has 0 atom stereocenters. The second kappa shape index (κ2) is 13.6. The van der Waals surface area contributed by atoms with E-state index in [9.17, 15) is 0 Å². The minimum atomic E-state index is 0.775. The number of hydrogen-bond donors (Lipinski definition) is 0. The third kappa shape index (κ3) is 5.59. The van der Waals surface area contributed by atoms with Crippen LogP contribution in [0.1, 0.15) is 33.4 Å². The topological polar surface area (TPSA) is 32.8 Å². The Kier molecular flexibility index (Phi) is 8.15. The molecule has 0 bridgehead atoms. The summed E-state index contributed by atoms with van der Waals surface area (Å²) in [5.41, 5.74) is 17.6. The Hall–Kier alpha value is -7.30. The molecule has 0 amide bonds. The smallest absolute Gasteiger partial charge is 0.178 e. The van der Waals surface area contributed by atoms with Crippen molar-refractivity contribution in [2.24, 2.45) is 0 Å². The molecule has 0 saturated carbocycles. The largest absolute Gasteiger partial charge is 0.452 e. The quantitative estimate of drug-likeness (QED) is 0.168. The van der Waals surface area contributed by atoms with Gasteiger partial charge in [0.05, 0.1) is 0 Å². The van der Waals surface area contributed by atoms with Crippen molar-refractivity contribution in [3.63, 3.8) is 0 Å². The van der Waals surface area contributed by atoms with E-state index in [1.54, 1.807) is 0 Å². The van der Waals surface area contributed by atoms with Crippen molar-refractivity contribution in [3.8, 4) is 0 Å². The Morgan fingerprint density at radius 1 is 0.317 bits per heavy atom. The fourth-order valence-electron chi connectivity index (χ4n) is 9.21. The van der Waals surface area contributed by atoms with Crippen molar-refractivity contribution in [3.05, 3.63) is 191 Å². The maximum absolute atomic E-state index is 6.79. The van der Waals surface area contributed by atoms with E-state index in [1.807, 2.05) is 0 Å². The normalized spacial score (nSPS) is 11.8. The first-order chi connectivity index (χ1) is 29.2. The number of benzene rings is 9. The number of anilines is 6. The van der Waals surface area contributed by atoms with Crippen molar-refractivity contribution >= 4 is 99.5 Å². The van der Waals surface area contributed by atoms with E-state index in [1.165, 1.54) is 44.8 Å². The lowest BCUT2D eigenvalue weighted by molar-refractivity contribution is 0.634. The molecule has 60 heavy (non-hydrogen) atoms. The van der Waals surface area contributed by atoms with Crippen LogP contribution in [0.2, 0.25) is 0 Å². The van der Waals surface area contributed by atoms with Crippen LogP contribution in [0.15, 0.2) is 167 Å². The number of nitrogens with zero attached hydrogens (tertiary/aromatic N) is 2. The molecule has 2 aromatic heterocycles. The van der Waals surface area contributed by atoms with Crippen molar-refractivity contribution in [2.45, 2.75) is 41.5 Å². The zero-order valence-electron chi connectivity index (χ0n) is 34.7. The first kappa shape index (κ1) is 35.8. The molecule has 11 aromatic rings. The number of aryl methyl sites for hydroxylation is 4. The molecule has 11 rings (SSSR count). The standard InChI is InChI=1S/C56H44N2O2/c1-33-15-11-19-51(37(33)5)57(49-17-9-7-13-35(49)3)43-23-21-39-29-47-45-25-26-46-48-30-40-22-24-44(58(50-18-10-8-14-36(50)4)52-20-12-16-34(2)38(52)6)28-42(40)32-54(48)60-56(46)55(45)59-53(47)31-41(39)27-43/h7-32H,1-6H3. The molecule has 0 unspecified atom stereocenters. The molecule has 4 heteroatoms. The highest BCUT2D eigenvalue weighted by Gasteiger charge is 2.22. The molecule has 0 aliphatic rings. The maximum atomic E-state index is 6.79. The highest BCUT2D eigenvalue weighted by Crippen LogP contribution is 2.45. The van der Waals surface area contributed by atoms with Crippen molar-refractivity contribution < 1.29 is 8.83 Å². The first-order valence-electron chi connectivity index (χ1n) is 20.7. The number of para-hydroxylation sites is 2. The van der Waals surface area contributed by atoms with Crippen LogP contribution >= 0.6 is 0 Å². The summed E-state index contributed by atoms with van der Waals surface area (Å²) in [7, 11) is 0. The summed E-state index contributed by atoms with van der Waals surface area (Å²) in [6.45, 7) is 13.1. The van der Waals surface area contributed by atoms with Gasteiger partial charge in [-0.1, -0.05) is 72.8 Å². The van der Waals surface area contributed by atoms with E-state index in [-0.39, 0.29) is 0 Å². The summed E-state index contributed by atoms with van der Waals surface area (Å²) in [5, 5.41) is 8.81. The summed E-state index contributed by atoms with van der Waals surface area (Å²) in [6.07, 6.45) is 0. The van der Waals surface area contributed by atoms with Crippen LogP contribution in [0.25, 0.3) is 65.4 Å². The summed E-state index contributed by atoms with van der Waals surface area (Å²) in [5.74, 6) is 0. The number of furan rings is 2. The van der Waals surface area contributed by atoms with Gasteiger partial charge in [-0.25, -0.2) is 0 Å². The molecule has 0 aliphatic heterocycles. The number of fused-ring (bicyclic) bond motifs is 9. The molecular formula is C56H44N2O2. The van der Waals surface area contributed by atoms with Gasteiger partial charge in [0.2, 0.25) is 0 Å². The summed E-state index contributed by atoms with van der Waals surface area (Å²) < 4.78 is 13.6. The SMILES string of the molecule is Cc1ccccc1N(c1ccc2cc3c(cc2c1)oc1c3ccc2c3cc4ccc(N(c5ccccc5C)c5cccc(C)c5C)cc4cc3oc21)c1cccc(C)c1C. The van der Waals surface area contributed by atoms with E-state index in [4.69, 9.17) is 8.83 Å². The highest BCUT2D eigenvalue weighted by atomic mass is 16.4. The predicted octanol–water partition coefficient (Wildman–Crippen LogP) is 16.6. The van der Waals surface area contributed by atoms with Gasteiger partial charge < -0.3 is 18.6 Å². The molecule has 0 spiro atoms. The van der Waals surface area contributed by atoms with Crippen molar-refractivity contribution in [1.82, 2.24) is 0 Å². The zero-order chi connectivity index (χ0) is 40.8. The maximum Gasteiger partial charge on any atom is 0.178 e. The van der Waals surface area contributed by atoms with Gasteiger partial charge in [-0.2, -0.15) is 0 Å². The fraction of sp³-hybridized carbons (Fsp3) is 0.107. The minimum Gasteiger partial charge on any atom is -0.452 e. The lowest BCUT2D eigenvalue weighted by atomic mass is 10.0. The third-order valence-corrected chi connectivity index (χ3v) is 12.8. The molecular weight excluding hydrogens is 733 g/mol. The van der Waals surface area contributed by atoms with Gasteiger partial charge in [0.15, 0.2) is 11.2 Å². The van der Waals surface area contributed by atoms with Crippen LogP contribution in [0.4, 0.5) is 34.1 Å². The lowest BCUT2D eigenvalue weighted by Crippen LogP contribution is -2.13. The molecule has 0 saturated heterocycles. The van der Waals surface area contributed by atoms with Gasteiger partial charge >= 0.3 is 0 Å². The average molecular weight is 777 g/mol. The van der Waals surface area contributed by atoms with Gasteiger partial charge in [0.1, 0.15) is 11.2 Å². The second-order valence-electron chi connectivity index (χ2n) is 16.5. The Balaban J connectivity index is 1.04. The van der Waals surface area contributed by atoms with Crippen molar-refractivity contribution in [1.29, 1.82) is 0 Å². The molecule has 9 aromatic carbocycles. The van der Waals surface area contributed by atoms with Gasteiger partial charge in [-0.3, -0.25) is 0 Å². The predicted molar refractivity (Wildman–Crippen MR) is 254 cm³/mol. The minimum absolute atomic E-state index is 0.775. The highest BCUT2D eigenvalue weighted by molar-refractivity contribution is 6.21. The van der Waals surface area contributed by atoms with Gasteiger partial charge in [-0.05, 0) is 181 Å². The molecule has 0 aliphatic carbocycles. The average Bonchev–Trinajstić information content (AvgIpc) is 3.81. The molecule has 290 valence electrons. The summed E-state index contributed by atoms with van der Waals surface area (Å²) >= 11 is 0. The van der Waals surface area contributed by atoms with E-state index in [2.05, 4.69) is 209 Å². The zero-order valence-corrected chi connectivity index (χ0v) is 34.7. The Morgan fingerprint density at radius 2 is 0.717 bits per heavy atom. The monoisotopic (exact) mass is 776 g/mol. The lowest BCUT2D eigenvalue weighted by Gasteiger charge is -2.29. The van der Waals surface area contributed by atoms with Crippen LogP contribution < -0.4 is 9.80 Å². The van der Waals surface area contributed by atoms with Gasteiger partial charge in [-0.15, -0.1) is 0 Å². The van der Waals surface area contributed by atoms with Crippen LogP contribution in [-0.4, -0.2) is 0 Å². The Labute approximate surface area is 349 Å². The van der Waals surface area contributed by atoms with Gasteiger partial charge in [0, 0.05) is 55.7 Å². The van der Waals surface area contributed by atoms with Crippen LogP contribution in [0.5, 0.6) is 0 Å². The molecule has 0 N–H and O–H groups in total. The number of hydrogen-bond acceptors (Lipinski definition) is 4. The van der Waals surface area contributed by atoms with Gasteiger partial charge in [0.25, 0.3) is 0 Å². The molecule has 0 radical (unpaired) electrons. The second-order valence-corrected chi connectivity index (χ2v) is 16.5.